The van der Waals surface area contributed by atoms with Crippen LogP contribution in [0.2, 0.25) is 0 Å². The molecule has 0 aromatic heterocycles. The minimum absolute atomic E-state index is 0.139. The standard InChI is InChI=1S/C15H12BrIO4/c1-20-13-7-10(15(18)19)6-12(16)14(13)21-8-9-2-4-11(17)5-3-9/h2-7H,8H2,1H3,(H,18,19). The molecule has 0 unspecified atom stereocenters. The van der Waals surface area contributed by atoms with Crippen LogP contribution in [0.3, 0.4) is 0 Å². The molecule has 0 saturated heterocycles. The zero-order valence-electron chi connectivity index (χ0n) is 11.1. The first-order valence-corrected chi connectivity index (χ1v) is 7.86. The zero-order chi connectivity index (χ0) is 15.4. The second-order valence-electron chi connectivity index (χ2n) is 4.21. The van der Waals surface area contributed by atoms with Crippen LogP contribution in [0.15, 0.2) is 40.9 Å². The number of hydrogen-bond acceptors (Lipinski definition) is 3. The van der Waals surface area contributed by atoms with Crippen molar-refractivity contribution in [3.8, 4) is 11.5 Å². The maximum atomic E-state index is 11.0. The molecule has 1 N–H and O–H groups in total. The van der Waals surface area contributed by atoms with E-state index in [0.29, 0.717) is 22.6 Å². The summed E-state index contributed by atoms with van der Waals surface area (Å²) in [6.45, 7) is 0.373. The van der Waals surface area contributed by atoms with Crippen LogP contribution in [0.5, 0.6) is 11.5 Å². The third kappa shape index (κ3) is 4.10. The van der Waals surface area contributed by atoms with Crippen LogP contribution in [0.1, 0.15) is 15.9 Å². The molecule has 2 aromatic rings. The van der Waals surface area contributed by atoms with Gasteiger partial charge in [0.1, 0.15) is 6.61 Å². The van der Waals surface area contributed by atoms with Crippen LogP contribution in [0.25, 0.3) is 0 Å². The van der Waals surface area contributed by atoms with E-state index in [0.717, 1.165) is 9.13 Å². The molecule has 0 bridgehead atoms. The van der Waals surface area contributed by atoms with E-state index in [1.165, 1.54) is 19.2 Å². The van der Waals surface area contributed by atoms with Crippen LogP contribution in [0.4, 0.5) is 0 Å². The molecule has 4 nitrogen and oxygen atoms in total. The minimum Gasteiger partial charge on any atom is -0.493 e. The highest BCUT2D eigenvalue weighted by Crippen LogP contribution is 2.37. The van der Waals surface area contributed by atoms with Gasteiger partial charge < -0.3 is 14.6 Å². The summed E-state index contributed by atoms with van der Waals surface area (Å²) in [4.78, 5) is 11.0. The lowest BCUT2D eigenvalue weighted by Crippen LogP contribution is -2.02. The van der Waals surface area contributed by atoms with E-state index in [2.05, 4.69) is 38.5 Å². The molecule has 0 aliphatic rings. The highest BCUT2D eigenvalue weighted by atomic mass is 127. The molecule has 0 aliphatic carbocycles. The van der Waals surface area contributed by atoms with Crippen molar-refractivity contribution < 1.29 is 19.4 Å². The molecule has 0 aliphatic heterocycles. The Morgan fingerprint density at radius 1 is 1.29 bits per heavy atom. The van der Waals surface area contributed by atoms with E-state index in [4.69, 9.17) is 14.6 Å². The summed E-state index contributed by atoms with van der Waals surface area (Å²) in [5.41, 5.74) is 1.16. The summed E-state index contributed by atoms with van der Waals surface area (Å²) in [5, 5.41) is 9.04. The lowest BCUT2D eigenvalue weighted by atomic mass is 10.2. The average molecular weight is 463 g/mol. The van der Waals surface area contributed by atoms with Crippen LogP contribution >= 0.6 is 38.5 Å². The molecule has 6 heteroatoms. The smallest absolute Gasteiger partial charge is 0.335 e. The van der Waals surface area contributed by atoms with Crippen molar-refractivity contribution in [2.75, 3.05) is 7.11 Å². The van der Waals surface area contributed by atoms with E-state index in [1.54, 1.807) is 0 Å². The molecule has 0 saturated carbocycles. The van der Waals surface area contributed by atoms with Crippen LogP contribution < -0.4 is 9.47 Å². The first-order chi connectivity index (χ1) is 10.0. The Hall–Kier alpha value is -1.28. The van der Waals surface area contributed by atoms with Gasteiger partial charge in [-0.15, -0.1) is 0 Å². The van der Waals surface area contributed by atoms with Gasteiger partial charge in [-0.2, -0.15) is 0 Å². The third-order valence-electron chi connectivity index (χ3n) is 2.77. The quantitative estimate of drug-likeness (QED) is 0.671. The third-order valence-corrected chi connectivity index (χ3v) is 4.08. The second-order valence-corrected chi connectivity index (χ2v) is 6.31. The maximum absolute atomic E-state index is 11.0. The highest BCUT2D eigenvalue weighted by Gasteiger charge is 2.15. The van der Waals surface area contributed by atoms with Crippen molar-refractivity contribution in [3.63, 3.8) is 0 Å². The molecule has 2 aromatic carbocycles. The van der Waals surface area contributed by atoms with Gasteiger partial charge in [0, 0.05) is 3.57 Å². The van der Waals surface area contributed by atoms with Crippen molar-refractivity contribution in [1.29, 1.82) is 0 Å². The Morgan fingerprint density at radius 3 is 2.52 bits per heavy atom. The number of carboxylic acid groups (broad SMARTS) is 1. The van der Waals surface area contributed by atoms with Crippen molar-refractivity contribution in [1.82, 2.24) is 0 Å². The van der Waals surface area contributed by atoms with Gasteiger partial charge in [-0.1, -0.05) is 12.1 Å². The maximum Gasteiger partial charge on any atom is 0.335 e. The molecule has 0 amide bonds. The van der Waals surface area contributed by atoms with Gasteiger partial charge in [0.05, 0.1) is 17.1 Å². The first kappa shape index (κ1) is 16.1. The Bertz CT molecular complexity index is 655. The van der Waals surface area contributed by atoms with Gasteiger partial charge >= 0.3 is 5.97 Å². The van der Waals surface area contributed by atoms with E-state index in [1.807, 2.05) is 24.3 Å². The van der Waals surface area contributed by atoms with Crippen LogP contribution in [-0.4, -0.2) is 18.2 Å². The number of methoxy groups -OCH3 is 1. The number of benzene rings is 2. The Balaban J connectivity index is 2.23. The predicted molar refractivity (Wildman–Crippen MR) is 91.1 cm³/mol. The van der Waals surface area contributed by atoms with E-state index in [9.17, 15) is 4.79 Å². The molecular formula is C15H12BrIO4. The number of hydrogen-bond donors (Lipinski definition) is 1. The molecule has 0 fully saturated rings. The van der Waals surface area contributed by atoms with Gasteiger partial charge in [0.15, 0.2) is 11.5 Å². The number of ether oxygens (including phenoxy) is 2. The number of rotatable bonds is 5. The van der Waals surface area contributed by atoms with Gasteiger partial charge in [0.25, 0.3) is 0 Å². The molecule has 0 heterocycles. The fraction of sp³-hybridized carbons (Fsp3) is 0.133. The summed E-state index contributed by atoms with van der Waals surface area (Å²) < 4.78 is 12.7. The summed E-state index contributed by atoms with van der Waals surface area (Å²) in [6, 6.07) is 10.9. The summed E-state index contributed by atoms with van der Waals surface area (Å²) in [7, 11) is 1.48. The SMILES string of the molecule is COc1cc(C(=O)O)cc(Br)c1OCc1ccc(I)cc1. The Kier molecular flexibility index (Phi) is 5.46. The molecule has 0 spiro atoms. The van der Waals surface area contributed by atoms with Crippen molar-refractivity contribution in [2.45, 2.75) is 6.61 Å². The number of halogens is 2. The average Bonchev–Trinajstić information content (AvgIpc) is 2.46. The fourth-order valence-corrected chi connectivity index (χ4v) is 2.64. The van der Waals surface area contributed by atoms with Gasteiger partial charge in [-0.25, -0.2) is 4.79 Å². The summed E-state index contributed by atoms with van der Waals surface area (Å²) in [5.74, 6) is -0.147. The monoisotopic (exact) mass is 462 g/mol. The molecule has 0 radical (unpaired) electrons. The number of carboxylic acids is 1. The number of carbonyl (C=O) groups is 1. The van der Waals surface area contributed by atoms with Crippen molar-refractivity contribution in [3.05, 3.63) is 55.6 Å². The fourth-order valence-electron chi connectivity index (χ4n) is 1.72. The van der Waals surface area contributed by atoms with Crippen LogP contribution in [-0.2, 0) is 6.61 Å². The second kappa shape index (κ2) is 7.13. The molecule has 2 rings (SSSR count). The largest absolute Gasteiger partial charge is 0.493 e. The van der Waals surface area contributed by atoms with E-state index < -0.39 is 5.97 Å². The van der Waals surface area contributed by atoms with E-state index >= 15 is 0 Å². The van der Waals surface area contributed by atoms with Gasteiger partial charge in [0.2, 0.25) is 0 Å². The summed E-state index contributed by atoms with van der Waals surface area (Å²) in [6.07, 6.45) is 0. The molecule has 0 atom stereocenters. The Labute approximate surface area is 144 Å². The lowest BCUT2D eigenvalue weighted by Gasteiger charge is -2.13. The summed E-state index contributed by atoms with van der Waals surface area (Å²) >= 11 is 5.56. The van der Waals surface area contributed by atoms with Gasteiger partial charge in [-0.3, -0.25) is 0 Å². The minimum atomic E-state index is -1.02. The highest BCUT2D eigenvalue weighted by molar-refractivity contribution is 14.1. The van der Waals surface area contributed by atoms with Crippen molar-refractivity contribution in [2.24, 2.45) is 0 Å². The molecule has 110 valence electrons. The van der Waals surface area contributed by atoms with Crippen molar-refractivity contribution >= 4 is 44.5 Å². The normalized spacial score (nSPS) is 10.2. The lowest BCUT2D eigenvalue weighted by molar-refractivity contribution is 0.0696. The Morgan fingerprint density at radius 2 is 1.95 bits per heavy atom. The van der Waals surface area contributed by atoms with E-state index in [-0.39, 0.29) is 5.56 Å². The zero-order valence-corrected chi connectivity index (χ0v) is 14.8. The topological polar surface area (TPSA) is 55.8 Å². The van der Waals surface area contributed by atoms with Crippen LogP contribution in [0, 0.1) is 3.57 Å². The molecule has 21 heavy (non-hydrogen) atoms. The number of aromatic carboxylic acids is 1. The molecular weight excluding hydrogens is 451 g/mol. The first-order valence-electron chi connectivity index (χ1n) is 5.99. The predicted octanol–water partition coefficient (Wildman–Crippen LogP) is 4.34. The van der Waals surface area contributed by atoms with Gasteiger partial charge in [-0.05, 0) is 68.3 Å².